The van der Waals surface area contributed by atoms with E-state index < -0.39 is 10.0 Å². The van der Waals surface area contributed by atoms with Crippen LogP contribution in [0.25, 0.3) is 0 Å². The van der Waals surface area contributed by atoms with E-state index in [1.54, 1.807) is 36.4 Å². The van der Waals surface area contributed by atoms with Crippen LogP contribution in [0.2, 0.25) is 5.02 Å². The molecule has 0 aliphatic heterocycles. The fraction of sp³-hybridized carbons (Fsp3) is 0.143. The summed E-state index contributed by atoms with van der Waals surface area (Å²) in [4.78, 5) is 0.151. The Balaban J connectivity index is 2.13. The molecule has 2 aromatic carbocycles. The average molecular weight is 327 g/mol. The molecule has 0 amide bonds. The zero-order valence-corrected chi connectivity index (χ0v) is 12.7. The van der Waals surface area contributed by atoms with Gasteiger partial charge in [-0.25, -0.2) is 8.42 Å². The summed E-state index contributed by atoms with van der Waals surface area (Å²) in [5.41, 5.74) is 5.78. The zero-order chi connectivity index (χ0) is 15.3. The lowest BCUT2D eigenvalue weighted by Crippen LogP contribution is -2.13. The van der Waals surface area contributed by atoms with Crippen molar-refractivity contribution in [2.24, 2.45) is 5.73 Å². The summed E-state index contributed by atoms with van der Waals surface area (Å²) in [6.45, 7) is 0.785. The van der Waals surface area contributed by atoms with Gasteiger partial charge in [-0.2, -0.15) is 0 Å². The second kappa shape index (κ2) is 6.80. The topological polar surface area (TPSA) is 81.4 Å². The van der Waals surface area contributed by atoms with Crippen LogP contribution in [-0.4, -0.2) is 21.6 Å². The second-order valence-corrected chi connectivity index (χ2v) is 6.34. The standard InChI is InChI=1S/C14H15ClN2O3S/c15-11-1-3-12(4-2-11)17-21(18,19)14-7-5-13(6-8-14)20-10-9-16/h1-8,17H,9-10,16H2. The van der Waals surface area contributed by atoms with Crippen molar-refractivity contribution in [3.05, 3.63) is 53.6 Å². The largest absolute Gasteiger partial charge is 0.492 e. The van der Waals surface area contributed by atoms with Crippen molar-refractivity contribution in [1.82, 2.24) is 0 Å². The Labute approximate surface area is 128 Å². The second-order valence-electron chi connectivity index (χ2n) is 4.22. The Morgan fingerprint density at radius 3 is 2.24 bits per heavy atom. The SMILES string of the molecule is NCCOc1ccc(S(=O)(=O)Nc2ccc(Cl)cc2)cc1. The quantitative estimate of drug-likeness (QED) is 0.854. The number of nitrogens with one attached hydrogen (secondary N) is 1. The molecule has 2 aromatic rings. The molecule has 0 fully saturated rings. The summed E-state index contributed by atoms with van der Waals surface area (Å²) < 4.78 is 32.2. The van der Waals surface area contributed by atoms with Crippen molar-refractivity contribution < 1.29 is 13.2 Å². The summed E-state index contributed by atoms with van der Waals surface area (Å²) in [6.07, 6.45) is 0. The van der Waals surface area contributed by atoms with E-state index in [4.69, 9.17) is 22.1 Å². The summed E-state index contributed by atoms with van der Waals surface area (Å²) in [5, 5.41) is 0.541. The van der Waals surface area contributed by atoms with Gasteiger partial charge in [-0.3, -0.25) is 4.72 Å². The van der Waals surface area contributed by atoms with Gasteiger partial charge >= 0.3 is 0 Å². The smallest absolute Gasteiger partial charge is 0.261 e. The van der Waals surface area contributed by atoms with E-state index in [1.807, 2.05) is 0 Å². The van der Waals surface area contributed by atoms with Gasteiger partial charge in [-0.05, 0) is 48.5 Å². The van der Waals surface area contributed by atoms with Crippen LogP contribution in [0.3, 0.4) is 0 Å². The Hall–Kier alpha value is -1.76. The van der Waals surface area contributed by atoms with Crippen LogP contribution in [0.5, 0.6) is 5.75 Å². The van der Waals surface area contributed by atoms with Gasteiger partial charge in [-0.1, -0.05) is 11.6 Å². The third-order valence-corrected chi connectivity index (χ3v) is 4.27. The van der Waals surface area contributed by atoms with Gasteiger partial charge in [0.2, 0.25) is 0 Å². The minimum atomic E-state index is -3.64. The van der Waals surface area contributed by atoms with Crippen LogP contribution in [0.15, 0.2) is 53.4 Å². The summed E-state index contributed by atoms with van der Waals surface area (Å²) in [7, 11) is -3.64. The van der Waals surface area contributed by atoms with Gasteiger partial charge in [0.1, 0.15) is 12.4 Å². The number of halogens is 1. The van der Waals surface area contributed by atoms with Gasteiger partial charge < -0.3 is 10.5 Å². The number of hydrogen-bond acceptors (Lipinski definition) is 4. The molecular formula is C14H15ClN2O3S. The first-order chi connectivity index (χ1) is 10.0. The van der Waals surface area contributed by atoms with Crippen molar-refractivity contribution in [2.75, 3.05) is 17.9 Å². The number of rotatable bonds is 6. The van der Waals surface area contributed by atoms with Crippen molar-refractivity contribution in [3.63, 3.8) is 0 Å². The van der Waals surface area contributed by atoms with Crippen molar-refractivity contribution >= 4 is 27.3 Å². The molecule has 0 aromatic heterocycles. The lowest BCUT2D eigenvalue weighted by molar-refractivity contribution is 0.328. The van der Waals surface area contributed by atoms with E-state index in [-0.39, 0.29) is 4.90 Å². The molecule has 0 saturated carbocycles. The lowest BCUT2D eigenvalue weighted by atomic mass is 10.3. The highest BCUT2D eigenvalue weighted by Gasteiger charge is 2.14. The minimum absolute atomic E-state index is 0.151. The molecular weight excluding hydrogens is 312 g/mol. The predicted molar refractivity (Wildman–Crippen MR) is 83.3 cm³/mol. The van der Waals surface area contributed by atoms with Crippen LogP contribution in [0.4, 0.5) is 5.69 Å². The molecule has 0 heterocycles. The maximum absolute atomic E-state index is 12.2. The molecule has 0 atom stereocenters. The molecule has 5 nitrogen and oxygen atoms in total. The van der Waals surface area contributed by atoms with Crippen molar-refractivity contribution in [3.8, 4) is 5.75 Å². The van der Waals surface area contributed by atoms with Crippen molar-refractivity contribution in [2.45, 2.75) is 4.90 Å². The number of benzene rings is 2. The summed E-state index contributed by atoms with van der Waals surface area (Å²) in [5.74, 6) is 0.575. The number of sulfonamides is 1. The highest BCUT2D eigenvalue weighted by Crippen LogP contribution is 2.20. The van der Waals surface area contributed by atoms with Gasteiger partial charge in [0.25, 0.3) is 10.0 Å². The fourth-order valence-electron chi connectivity index (χ4n) is 1.62. The van der Waals surface area contributed by atoms with Crippen LogP contribution in [0.1, 0.15) is 0 Å². The normalized spacial score (nSPS) is 11.1. The molecule has 0 radical (unpaired) electrons. The molecule has 112 valence electrons. The summed E-state index contributed by atoms with van der Waals surface area (Å²) in [6, 6.07) is 12.6. The van der Waals surface area contributed by atoms with E-state index >= 15 is 0 Å². The number of anilines is 1. The van der Waals surface area contributed by atoms with Gasteiger partial charge in [0, 0.05) is 17.3 Å². The molecule has 0 saturated heterocycles. The van der Waals surface area contributed by atoms with E-state index in [1.165, 1.54) is 12.1 Å². The monoisotopic (exact) mass is 326 g/mol. The Kier molecular flexibility index (Phi) is 5.06. The molecule has 0 bridgehead atoms. The first-order valence-electron chi connectivity index (χ1n) is 6.22. The molecule has 2 rings (SSSR count). The molecule has 0 spiro atoms. The van der Waals surface area contributed by atoms with Crippen LogP contribution in [0, 0.1) is 0 Å². The maximum Gasteiger partial charge on any atom is 0.261 e. The molecule has 0 aliphatic carbocycles. The molecule has 21 heavy (non-hydrogen) atoms. The predicted octanol–water partition coefficient (Wildman–Crippen LogP) is 2.48. The molecule has 0 unspecified atom stereocenters. The number of nitrogens with two attached hydrogens (primary N) is 1. The van der Waals surface area contributed by atoms with Crippen LogP contribution < -0.4 is 15.2 Å². The fourth-order valence-corrected chi connectivity index (χ4v) is 2.81. The third kappa shape index (κ3) is 4.35. The lowest BCUT2D eigenvalue weighted by Gasteiger charge is -2.09. The molecule has 0 aliphatic rings. The third-order valence-electron chi connectivity index (χ3n) is 2.62. The Morgan fingerprint density at radius 2 is 1.67 bits per heavy atom. The summed E-state index contributed by atoms with van der Waals surface area (Å²) >= 11 is 5.76. The molecule has 7 heteroatoms. The van der Waals surface area contributed by atoms with E-state index in [0.29, 0.717) is 29.6 Å². The Morgan fingerprint density at radius 1 is 1.05 bits per heavy atom. The van der Waals surface area contributed by atoms with Gasteiger partial charge in [0.05, 0.1) is 4.90 Å². The first-order valence-corrected chi connectivity index (χ1v) is 8.09. The maximum atomic E-state index is 12.2. The average Bonchev–Trinajstić information content (AvgIpc) is 2.48. The number of ether oxygens (including phenoxy) is 1. The first kappa shape index (κ1) is 15.6. The highest BCUT2D eigenvalue weighted by atomic mass is 35.5. The van der Waals surface area contributed by atoms with Crippen LogP contribution in [-0.2, 0) is 10.0 Å². The van der Waals surface area contributed by atoms with Crippen molar-refractivity contribution in [1.29, 1.82) is 0 Å². The zero-order valence-electron chi connectivity index (χ0n) is 11.1. The minimum Gasteiger partial charge on any atom is -0.492 e. The van der Waals surface area contributed by atoms with E-state index in [0.717, 1.165) is 0 Å². The molecule has 3 N–H and O–H groups in total. The van der Waals surface area contributed by atoms with Gasteiger partial charge in [-0.15, -0.1) is 0 Å². The Bertz CT molecular complexity index is 685. The van der Waals surface area contributed by atoms with E-state index in [9.17, 15) is 8.42 Å². The van der Waals surface area contributed by atoms with E-state index in [2.05, 4.69) is 4.72 Å². The number of hydrogen-bond donors (Lipinski definition) is 2. The highest BCUT2D eigenvalue weighted by molar-refractivity contribution is 7.92. The van der Waals surface area contributed by atoms with Crippen LogP contribution >= 0.6 is 11.6 Å². The van der Waals surface area contributed by atoms with Gasteiger partial charge in [0.15, 0.2) is 0 Å².